The first-order chi connectivity index (χ1) is 9.92. The van der Waals surface area contributed by atoms with Gasteiger partial charge < -0.3 is 5.11 Å². The first-order valence-corrected chi connectivity index (χ1v) is 8.27. The number of nitro benzene ring substituents is 1. The van der Waals surface area contributed by atoms with Crippen LogP contribution in [0.3, 0.4) is 0 Å². The van der Waals surface area contributed by atoms with Gasteiger partial charge in [-0.3, -0.25) is 10.1 Å². The summed E-state index contributed by atoms with van der Waals surface area (Å²) in [6, 6.07) is 6.73. The molecule has 21 heavy (non-hydrogen) atoms. The minimum Gasteiger partial charge on any atom is -0.387 e. The standard InChI is InChI=1S/C12H12N2O5S2/c15-11(9-5-6-20-8-9)7-13-21(18,19)12-4-2-1-3-10(12)14(16)17/h1-6,8,11,13,15H,7H2. The Labute approximate surface area is 125 Å². The zero-order valence-electron chi connectivity index (χ0n) is 10.7. The molecule has 0 fully saturated rings. The maximum Gasteiger partial charge on any atom is 0.289 e. The third kappa shape index (κ3) is 3.64. The molecule has 9 heteroatoms. The van der Waals surface area contributed by atoms with Crippen molar-refractivity contribution < 1.29 is 18.4 Å². The van der Waals surface area contributed by atoms with Crippen LogP contribution in [0, 0.1) is 10.1 Å². The fourth-order valence-electron chi connectivity index (χ4n) is 1.68. The molecule has 0 bridgehead atoms. The summed E-state index contributed by atoms with van der Waals surface area (Å²) in [5.41, 5.74) is 0.0836. The maximum absolute atomic E-state index is 12.1. The lowest BCUT2D eigenvalue weighted by atomic mass is 10.2. The normalized spacial score (nSPS) is 13.0. The summed E-state index contributed by atoms with van der Waals surface area (Å²) in [6.07, 6.45) is -1.01. The summed E-state index contributed by atoms with van der Waals surface area (Å²) in [5.74, 6) is 0. The van der Waals surface area contributed by atoms with Crippen LogP contribution < -0.4 is 4.72 Å². The van der Waals surface area contributed by atoms with Crippen molar-refractivity contribution in [2.75, 3.05) is 6.54 Å². The minimum absolute atomic E-state index is 0.259. The zero-order valence-corrected chi connectivity index (χ0v) is 12.3. The van der Waals surface area contributed by atoms with E-state index in [2.05, 4.69) is 4.72 Å². The van der Waals surface area contributed by atoms with E-state index in [-0.39, 0.29) is 6.54 Å². The topological polar surface area (TPSA) is 110 Å². The zero-order chi connectivity index (χ0) is 15.5. The van der Waals surface area contributed by atoms with Crippen LogP contribution >= 0.6 is 11.3 Å². The molecule has 0 radical (unpaired) electrons. The molecule has 112 valence electrons. The van der Waals surface area contributed by atoms with Gasteiger partial charge in [-0.1, -0.05) is 12.1 Å². The second kappa shape index (κ2) is 6.31. The summed E-state index contributed by atoms with van der Waals surface area (Å²) in [6.45, 7) is -0.259. The van der Waals surface area contributed by atoms with Gasteiger partial charge in [0.2, 0.25) is 10.0 Å². The number of aliphatic hydroxyl groups excluding tert-OH is 1. The number of benzene rings is 1. The van der Waals surface area contributed by atoms with E-state index in [1.165, 1.54) is 23.5 Å². The van der Waals surface area contributed by atoms with Crippen molar-refractivity contribution in [2.24, 2.45) is 0 Å². The first kappa shape index (κ1) is 15.6. The average Bonchev–Trinajstić information content (AvgIpc) is 2.99. The molecule has 2 aromatic rings. The number of rotatable bonds is 6. The van der Waals surface area contributed by atoms with Crippen LogP contribution in [0.4, 0.5) is 5.69 Å². The lowest BCUT2D eigenvalue weighted by Gasteiger charge is -2.11. The smallest absolute Gasteiger partial charge is 0.289 e. The Kier molecular flexibility index (Phi) is 4.68. The van der Waals surface area contributed by atoms with Gasteiger partial charge in [0.05, 0.1) is 11.0 Å². The Hall–Kier alpha value is -1.81. The van der Waals surface area contributed by atoms with E-state index in [4.69, 9.17) is 0 Å². The van der Waals surface area contributed by atoms with E-state index in [1.807, 2.05) is 0 Å². The molecule has 0 aliphatic carbocycles. The van der Waals surface area contributed by atoms with E-state index in [0.29, 0.717) is 5.56 Å². The van der Waals surface area contributed by atoms with Crippen LogP contribution in [0.1, 0.15) is 11.7 Å². The van der Waals surface area contributed by atoms with Gasteiger partial charge in [-0.15, -0.1) is 0 Å². The Morgan fingerprint density at radius 2 is 2.05 bits per heavy atom. The van der Waals surface area contributed by atoms with Crippen molar-refractivity contribution in [3.63, 3.8) is 0 Å². The SMILES string of the molecule is O=[N+]([O-])c1ccccc1S(=O)(=O)NCC(O)c1ccsc1. The average molecular weight is 328 g/mol. The summed E-state index contributed by atoms with van der Waals surface area (Å²) >= 11 is 1.38. The summed E-state index contributed by atoms with van der Waals surface area (Å²) in [5, 5.41) is 24.2. The predicted molar refractivity (Wildman–Crippen MR) is 77.6 cm³/mol. The molecule has 0 spiro atoms. The van der Waals surface area contributed by atoms with E-state index < -0.39 is 31.6 Å². The Bertz CT molecular complexity index is 728. The maximum atomic E-state index is 12.1. The number of hydrogen-bond acceptors (Lipinski definition) is 6. The second-order valence-corrected chi connectivity index (χ2v) is 6.66. The number of para-hydroxylation sites is 1. The number of nitro groups is 1. The fraction of sp³-hybridized carbons (Fsp3) is 0.167. The fourth-order valence-corrected chi connectivity index (χ4v) is 3.60. The number of aliphatic hydroxyl groups is 1. The minimum atomic E-state index is -4.07. The highest BCUT2D eigenvalue weighted by molar-refractivity contribution is 7.89. The lowest BCUT2D eigenvalue weighted by Crippen LogP contribution is -2.28. The molecule has 0 saturated heterocycles. The third-order valence-corrected chi connectivity index (χ3v) is 4.92. The Morgan fingerprint density at radius 3 is 2.67 bits per heavy atom. The Morgan fingerprint density at radius 1 is 1.33 bits per heavy atom. The monoisotopic (exact) mass is 328 g/mol. The summed E-state index contributed by atoms with van der Waals surface area (Å²) in [4.78, 5) is 9.68. The molecule has 0 saturated carbocycles. The van der Waals surface area contributed by atoms with Crippen LogP contribution in [-0.4, -0.2) is 25.0 Å². The molecule has 1 unspecified atom stereocenters. The van der Waals surface area contributed by atoms with Crippen molar-refractivity contribution >= 4 is 27.0 Å². The highest BCUT2D eigenvalue weighted by Gasteiger charge is 2.25. The number of nitrogens with one attached hydrogen (secondary N) is 1. The van der Waals surface area contributed by atoms with Crippen molar-refractivity contribution in [1.82, 2.24) is 4.72 Å². The van der Waals surface area contributed by atoms with Crippen LogP contribution in [0.25, 0.3) is 0 Å². The second-order valence-electron chi connectivity index (χ2n) is 4.15. The number of hydrogen-bond donors (Lipinski definition) is 2. The highest BCUT2D eigenvalue weighted by Crippen LogP contribution is 2.23. The van der Waals surface area contributed by atoms with Crippen LogP contribution in [0.5, 0.6) is 0 Å². The third-order valence-electron chi connectivity index (χ3n) is 2.75. The number of thiophene rings is 1. The number of nitrogens with zero attached hydrogens (tertiary/aromatic N) is 1. The van der Waals surface area contributed by atoms with Gasteiger partial charge in [0.15, 0.2) is 4.90 Å². The molecule has 1 atom stereocenters. The van der Waals surface area contributed by atoms with Gasteiger partial charge in [0.1, 0.15) is 0 Å². The van der Waals surface area contributed by atoms with Crippen LogP contribution in [0.15, 0.2) is 46.0 Å². The molecule has 0 amide bonds. The molecule has 0 aliphatic heterocycles. The molecule has 1 aromatic carbocycles. The van der Waals surface area contributed by atoms with E-state index in [0.717, 1.165) is 12.1 Å². The van der Waals surface area contributed by atoms with Gasteiger partial charge in [0.25, 0.3) is 5.69 Å². The van der Waals surface area contributed by atoms with Crippen molar-refractivity contribution in [1.29, 1.82) is 0 Å². The summed E-state index contributed by atoms with van der Waals surface area (Å²) < 4.78 is 26.4. The quantitative estimate of drug-likeness (QED) is 0.619. The van der Waals surface area contributed by atoms with E-state index >= 15 is 0 Å². The molecule has 7 nitrogen and oxygen atoms in total. The summed E-state index contributed by atoms with van der Waals surface area (Å²) in [7, 11) is -4.07. The molecule has 1 aromatic heterocycles. The highest BCUT2D eigenvalue weighted by atomic mass is 32.2. The van der Waals surface area contributed by atoms with Gasteiger partial charge >= 0.3 is 0 Å². The van der Waals surface area contributed by atoms with Crippen molar-refractivity contribution in [3.05, 3.63) is 56.8 Å². The molecule has 2 rings (SSSR count). The van der Waals surface area contributed by atoms with Crippen LogP contribution in [0.2, 0.25) is 0 Å². The van der Waals surface area contributed by atoms with Gasteiger partial charge in [-0.25, -0.2) is 13.1 Å². The predicted octanol–water partition coefficient (Wildman–Crippen LogP) is 1.67. The molecule has 1 heterocycles. The van der Waals surface area contributed by atoms with E-state index in [1.54, 1.807) is 16.8 Å². The first-order valence-electron chi connectivity index (χ1n) is 5.85. The number of sulfonamides is 1. The van der Waals surface area contributed by atoms with Crippen molar-refractivity contribution in [2.45, 2.75) is 11.0 Å². The lowest BCUT2D eigenvalue weighted by molar-refractivity contribution is -0.387. The van der Waals surface area contributed by atoms with Gasteiger partial charge in [-0.2, -0.15) is 11.3 Å². The van der Waals surface area contributed by atoms with Crippen LogP contribution in [-0.2, 0) is 10.0 Å². The van der Waals surface area contributed by atoms with E-state index in [9.17, 15) is 23.6 Å². The van der Waals surface area contributed by atoms with Gasteiger partial charge in [-0.05, 0) is 28.5 Å². The molecular formula is C12H12N2O5S2. The largest absolute Gasteiger partial charge is 0.387 e. The van der Waals surface area contributed by atoms with Crippen molar-refractivity contribution in [3.8, 4) is 0 Å². The van der Waals surface area contributed by atoms with Gasteiger partial charge in [0, 0.05) is 12.6 Å². The molecule has 0 aliphatic rings. The molecule has 2 N–H and O–H groups in total. The Balaban J connectivity index is 2.18. The molecular weight excluding hydrogens is 316 g/mol.